The second-order valence-corrected chi connectivity index (χ2v) is 7.83. The summed E-state index contributed by atoms with van der Waals surface area (Å²) in [4.78, 5) is 12.9. The van der Waals surface area contributed by atoms with Crippen molar-refractivity contribution in [1.82, 2.24) is 5.32 Å². The maximum atomic E-state index is 12.9. The van der Waals surface area contributed by atoms with Gasteiger partial charge in [-0.1, -0.05) is 87.7 Å². The highest BCUT2D eigenvalue weighted by molar-refractivity contribution is 6.05. The fraction of sp³-hybridized carbons (Fsp3) is 0.385. The minimum Gasteiger partial charge on any atom is -0.461 e. The van der Waals surface area contributed by atoms with Crippen LogP contribution < -0.4 is 5.32 Å². The van der Waals surface area contributed by atoms with Crippen molar-refractivity contribution in [2.24, 2.45) is 5.92 Å². The smallest absolute Gasteiger partial charge is 0.349 e. The third-order valence-electron chi connectivity index (χ3n) is 5.63. The number of hydrogen-bond acceptors (Lipinski definition) is 4. The molecule has 1 aliphatic heterocycles. The van der Waals surface area contributed by atoms with Gasteiger partial charge < -0.3 is 10.1 Å². The molecule has 0 radical (unpaired) electrons. The number of nitrogens with one attached hydrogen (secondary N) is 1. The van der Waals surface area contributed by atoms with Crippen molar-refractivity contribution in [3.05, 3.63) is 76.9 Å². The first-order valence-electron chi connectivity index (χ1n) is 10.9. The summed E-state index contributed by atoms with van der Waals surface area (Å²) in [6.07, 6.45) is 4.24. The maximum absolute atomic E-state index is 12.9. The van der Waals surface area contributed by atoms with E-state index in [1.54, 1.807) is 0 Å². The van der Waals surface area contributed by atoms with Crippen LogP contribution in [0.25, 0.3) is 5.57 Å². The van der Waals surface area contributed by atoms with Crippen molar-refractivity contribution in [1.29, 1.82) is 5.26 Å². The number of unbranched alkanes of at least 4 members (excludes halogenated alkanes) is 1. The number of ether oxygens (including phenoxy) is 1. The molecule has 1 heterocycles. The van der Waals surface area contributed by atoms with Crippen molar-refractivity contribution in [3.63, 3.8) is 0 Å². The Labute approximate surface area is 179 Å². The Bertz CT molecular complexity index is 906. The Morgan fingerprint density at radius 1 is 1.13 bits per heavy atom. The normalized spacial score (nSPS) is 16.9. The predicted octanol–water partition coefficient (Wildman–Crippen LogP) is 5.42. The first-order valence-corrected chi connectivity index (χ1v) is 10.9. The second kappa shape index (κ2) is 10.8. The Balaban J connectivity index is 1.90. The van der Waals surface area contributed by atoms with Crippen molar-refractivity contribution < 1.29 is 9.53 Å². The van der Waals surface area contributed by atoms with Crippen LogP contribution in [0.5, 0.6) is 0 Å². The molecule has 1 aliphatic rings. The molecule has 0 saturated carbocycles. The van der Waals surface area contributed by atoms with Gasteiger partial charge in [0.15, 0.2) is 0 Å². The van der Waals surface area contributed by atoms with Crippen LogP contribution >= 0.6 is 0 Å². The van der Waals surface area contributed by atoms with Gasteiger partial charge in [0, 0.05) is 18.2 Å². The molecule has 0 aromatic heterocycles. The third kappa shape index (κ3) is 5.58. The molecule has 1 N–H and O–H groups in total. The Morgan fingerprint density at radius 2 is 1.80 bits per heavy atom. The zero-order valence-corrected chi connectivity index (χ0v) is 17.9. The van der Waals surface area contributed by atoms with E-state index in [4.69, 9.17) is 4.74 Å². The highest BCUT2D eigenvalue weighted by Crippen LogP contribution is 2.30. The first kappa shape index (κ1) is 21.8. The molecule has 1 fully saturated rings. The lowest BCUT2D eigenvalue weighted by atomic mass is 9.92. The second-order valence-electron chi connectivity index (χ2n) is 7.83. The SMILES string of the molecule is CCCCC(CC)COC(=O)/C(C#N)=C(/c1ccccc1)c1ccc(C2CN2)cc1. The van der Waals surface area contributed by atoms with Gasteiger partial charge in [-0.15, -0.1) is 0 Å². The van der Waals surface area contributed by atoms with E-state index in [0.29, 0.717) is 24.1 Å². The average molecular weight is 403 g/mol. The van der Waals surface area contributed by atoms with E-state index in [9.17, 15) is 10.1 Å². The quantitative estimate of drug-likeness (QED) is 0.249. The lowest BCUT2D eigenvalue weighted by molar-refractivity contribution is -0.139. The van der Waals surface area contributed by atoms with Crippen LogP contribution in [-0.4, -0.2) is 19.1 Å². The molecule has 2 aromatic carbocycles. The number of carbonyl (C=O) groups is 1. The van der Waals surface area contributed by atoms with Gasteiger partial charge in [-0.25, -0.2) is 4.79 Å². The number of carbonyl (C=O) groups excluding carboxylic acids is 1. The van der Waals surface area contributed by atoms with Gasteiger partial charge in [0.25, 0.3) is 0 Å². The molecule has 4 nitrogen and oxygen atoms in total. The molecular formula is C26H30N2O2. The molecule has 0 bridgehead atoms. The minimum atomic E-state index is -0.542. The fourth-order valence-corrected chi connectivity index (χ4v) is 3.60. The van der Waals surface area contributed by atoms with Gasteiger partial charge in [0.05, 0.1) is 6.61 Å². The van der Waals surface area contributed by atoms with E-state index >= 15 is 0 Å². The van der Waals surface area contributed by atoms with Crippen LogP contribution in [0.2, 0.25) is 0 Å². The van der Waals surface area contributed by atoms with E-state index in [2.05, 4.69) is 37.4 Å². The summed E-state index contributed by atoms with van der Waals surface area (Å²) in [5, 5.41) is 13.2. The number of rotatable bonds is 10. The molecule has 4 heteroatoms. The molecule has 2 atom stereocenters. The zero-order valence-electron chi connectivity index (χ0n) is 17.9. The van der Waals surface area contributed by atoms with Crippen LogP contribution in [0, 0.1) is 17.2 Å². The predicted molar refractivity (Wildman–Crippen MR) is 120 cm³/mol. The van der Waals surface area contributed by atoms with Crippen molar-refractivity contribution in [2.75, 3.05) is 13.2 Å². The monoisotopic (exact) mass is 402 g/mol. The molecule has 2 aromatic rings. The summed E-state index contributed by atoms with van der Waals surface area (Å²) in [6, 6.07) is 20.2. The molecule has 2 unspecified atom stereocenters. The summed E-state index contributed by atoms with van der Waals surface area (Å²) in [6.45, 7) is 5.62. The first-order chi connectivity index (χ1) is 14.7. The highest BCUT2D eigenvalue weighted by Gasteiger charge is 2.24. The largest absolute Gasteiger partial charge is 0.461 e. The van der Waals surface area contributed by atoms with Crippen LogP contribution in [0.4, 0.5) is 0 Å². The van der Waals surface area contributed by atoms with Crippen LogP contribution in [0.3, 0.4) is 0 Å². The van der Waals surface area contributed by atoms with E-state index < -0.39 is 5.97 Å². The molecule has 0 aliphatic carbocycles. The number of nitrogens with zero attached hydrogens (tertiary/aromatic N) is 1. The van der Waals surface area contributed by atoms with Gasteiger partial charge in [-0.3, -0.25) is 0 Å². The van der Waals surface area contributed by atoms with Crippen molar-refractivity contribution in [3.8, 4) is 6.07 Å². The molecule has 0 spiro atoms. The lowest BCUT2D eigenvalue weighted by Gasteiger charge is -2.16. The van der Waals surface area contributed by atoms with E-state index in [-0.39, 0.29) is 5.57 Å². The average Bonchev–Trinajstić information content (AvgIpc) is 3.63. The van der Waals surface area contributed by atoms with Crippen LogP contribution in [0.15, 0.2) is 60.2 Å². The fourth-order valence-electron chi connectivity index (χ4n) is 3.60. The van der Waals surface area contributed by atoms with Gasteiger partial charge in [0.2, 0.25) is 0 Å². The molecule has 1 saturated heterocycles. The van der Waals surface area contributed by atoms with E-state index in [1.807, 2.05) is 42.5 Å². The number of hydrogen-bond donors (Lipinski definition) is 1. The lowest BCUT2D eigenvalue weighted by Crippen LogP contribution is -2.16. The summed E-state index contributed by atoms with van der Waals surface area (Å²) in [5.74, 6) is -0.210. The Hall–Kier alpha value is -2.90. The number of esters is 1. The standard InChI is InChI=1S/C26H30N2O2/c1-3-5-9-19(4-2)18-30-26(29)23(16-27)25(21-10-7-6-8-11-21)22-14-12-20(13-15-22)24-17-28-24/h6-8,10-15,19,24,28H,3-5,9,17-18H2,1-2H3/b25-23-. The van der Waals surface area contributed by atoms with Gasteiger partial charge in [0.1, 0.15) is 11.6 Å². The number of nitriles is 1. The maximum Gasteiger partial charge on any atom is 0.349 e. The van der Waals surface area contributed by atoms with Gasteiger partial charge >= 0.3 is 5.97 Å². The summed E-state index contributed by atoms with van der Waals surface area (Å²) in [7, 11) is 0. The van der Waals surface area contributed by atoms with Crippen LogP contribution in [0.1, 0.15) is 62.3 Å². The van der Waals surface area contributed by atoms with Gasteiger partial charge in [-0.05, 0) is 29.0 Å². The van der Waals surface area contributed by atoms with Crippen molar-refractivity contribution >= 4 is 11.5 Å². The topological polar surface area (TPSA) is 72.0 Å². The van der Waals surface area contributed by atoms with Crippen molar-refractivity contribution in [2.45, 2.75) is 45.6 Å². The molecule has 3 rings (SSSR count). The molecule has 30 heavy (non-hydrogen) atoms. The van der Waals surface area contributed by atoms with E-state index in [1.165, 1.54) is 5.56 Å². The summed E-state index contributed by atoms with van der Waals surface area (Å²) in [5.41, 5.74) is 3.58. The summed E-state index contributed by atoms with van der Waals surface area (Å²) >= 11 is 0. The van der Waals surface area contributed by atoms with E-state index in [0.717, 1.165) is 43.4 Å². The Morgan fingerprint density at radius 3 is 2.37 bits per heavy atom. The third-order valence-corrected chi connectivity index (χ3v) is 5.63. The molecular weight excluding hydrogens is 372 g/mol. The van der Waals surface area contributed by atoms with Gasteiger partial charge in [-0.2, -0.15) is 5.26 Å². The molecule has 0 amide bonds. The number of benzene rings is 2. The zero-order chi connectivity index (χ0) is 21.3. The molecule has 156 valence electrons. The Kier molecular flexibility index (Phi) is 7.82. The highest BCUT2D eigenvalue weighted by atomic mass is 16.5. The summed E-state index contributed by atoms with van der Waals surface area (Å²) < 4.78 is 5.61. The minimum absolute atomic E-state index is 0.0591. The van der Waals surface area contributed by atoms with Crippen LogP contribution in [-0.2, 0) is 9.53 Å².